The van der Waals surface area contributed by atoms with Crippen molar-refractivity contribution in [2.45, 2.75) is 41.0 Å². The average Bonchev–Trinajstić information content (AvgIpc) is 2.90. The summed E-state index contributed by atoms with van der Waals surface area (Å²) in [5.74, 6) is 2.82. The molecule has 0 aliphatic carbocycles. The van der Waals surface area contributed by atoms with Crippen molar-refractivity contribution in [1.29, 1.82) is 0 Å². The molecule has 0 spiro atoms. The minimum Gasteiger partial charge on any atom is -0.497 e. The van der Waals surface area contributed by atoms with Gasteiger partial charge in [0, 0.05) is 12.3 Å². The molecule has 0 aromatic heterocycles. The maximum absolute atomic E-state index is 12.3. The summed E-state index contributed by atoms with van der Waals surface area (Å²) in [5.41, 5.74) is 1.73. The zero-order chi connectivity index (χ0) is 27.1. The molecule has 0 aliphatic rings. The van der Waals surface area contributed by atoms with E-state index >= 15 is 0 Å². The Labute approximate surface area is 236 Å². The first-order chi connectivity index (χ1) is 18.2. The van der Waals surface area contributed by atoms with E-state index in [-0.39, 0.29) is 26.2 Å². The van der Waals surface area contributed by atoms with E-state index in [0.29, 0.717) is 28.7 Å². The Bertz CT molecular complexity index is 1370. The lowest BCUT2D eigenvalue weighted by atomic mass is 9.78. The maximum atomic E-state index is 12.3. The Balaban J connectivity index is 0.00000280. The van der Waals surface area contributed by atoms with Gasteiger partial charge in [-0.05, 0) is 83.9 Å². The second kappa shape index (κ2) is 13.8. The first-order valence-electron chi connectivity index (χ1n) is 11.9. The largest absolute Gasteiger partial charge is 0.519 e. The Morgan fingerprint density at radius 2 is 0.850 bits per heavy atom. The second-order valence-electron chi connectivity index (χ2n) is 8.97. The lowest BCUT2D eigenvalue weighted by Gasteiger charge is -2.26. The monoisotopic (exact) mass is 544 g/mol. The molecule has 0 heterocycles. The van der Waals surface area contributed by atoms with Crippen LogP contribution in [0.5, 0.6) is 34.5 Å². The third-order valence-corrected chi connectivity index (χ3v) is 5.93. The molecule has 0 aliphatic heterocycles. The van der Waals surface area contributed by atoms with Crippen molar-refractivity contribution in [3.63, 3.8) is 0 Å². The fourth-order valence-electron chi connectivity index (χ4n) is 3.78. The summed E-state index contributed by atoms with van der Waals surface area (Å²) in [6.07, 6.45) is -0.845. The van der Waals surface area contributed by atoms with Crippen molar-refractivity contribution in [2.75, 3.05) is 7.11 Å². The van der Waals surface area contributed by atoms with Gasteiger partial charge in [-0.3, -0.25) is 4.79 Å². The van der Waals surface area contributed by atoms with Crippen LogP contribution in [-0.2, 0) is 10.2 Å². The van der Waals surface area contributed by atoms with E-state index in [1.54, 1.807) is 79.9 Å². The van der Waals surface area contributed by atoms with E-state index in [9.17, 15) is 9.59 Å². The molecule has 0 unspecified atom stereocenters. The van der Waals surface area contributed by atoms with Crippen molar-refractivity contribution in [3.05, 3.63) is 108 Å². The fourth-order valence-corrected chi connectivity index (χ4v) is 3.78. The molecule has 4 aromatic rings. The van der Waals surface area contributed by atoms with Gasteiger partial charge in [-0.2, -0.15) is 0 Å². The van der Waals surface area contributed by atoms with Gasteiger partial charge in [-0.1, -0.05) is 53.0 Å². The summed E-state index contributed by atoms with van der Waals surface area (Å²) in [6.45, 7) is 5.53. The van der Waals surface area contributed by atoms with E-state index in [1.165, 1.54) is 6.92 Å². The Hall–Kier alpha value is -4.78. The topological polar surface area (TPSA) is 80.3 Å². The van der Waals surface area contributed by atoms with Gasteiger partial charge in [0.25, 0.3) is 0 Å². The van der Waals surface area contributed by atoms with Crippen LogP contribution in [0, 0.1) is 0 Å². The third kappa shape index (κ3) is 8.11. The van der Waals surface area contributed by atoms with Crippen molar-refractivity contribution in [2.24, 2.45) is 0 Å². The molecule has 0 saturated carbocycles. The van der Waals surface area contributed by atoms with Gasteiger partial charge in [-0.25, -0.2) is 4.79 Å². The number of hydrogen-bond acceptors (Lipinski definition) is 7. The average molecular weight is 545 g/mol. The number of rotatable bonds is 8. The lowest BCUT2D eigenvalue weighted by molar-refractivity contribution is -0.131. The summed E-state index contributed by atoms with van der Waals surface area (Å²) in [6, 6.07) is 28.5. The van der Waals surface area contributed by atoms with E-state index in [2.05, 4.69) is 13.8 Å². The number of hydrogen-bond donors (Lipinski definition) is 0. The summed E-state index contributed by atoms with van der Waals surface area (Å²) < 4.78 is 26.7. The van der Waals surface area contributed by atoms with Gasteiger partial charge in [0.05, 0.1) is 7.11 Å². The molecule has 7 heteroatoms. The van der Waals surface area contributed by atoms with Crippen LogP contribution in [0.3, 0.4) is 0 Å². The fraction of sp³-hybridized carbons (Fsp3) is 0.212. The molecule has 0 fully saturated rings. The first kappa shape index (κ1) is 31.4. The first-order valence-corrected chi connectivity index (χ1v) is 11.9. The molecule has 0 atom stereocenters. The molecule has 0 bridgehead atoms. The van der Waals surface area contributed by atoms with Crippen LogP contribution in [0.1, 0.15) is 46.8 Å². The molecular weight excluding hydrogens is 508 g/mol. The quantitative estimate of drug-likeness (QED) is 0.125. The Kier molecular flexibility index (Phi) is 10.9. The standard InChI is InChI=1S/C31H28O7.2CH4/c1-21(32)35-25-9-5-22(6-10-25)31(2,3)23-7-11-28(12-8-23)37-30(33)38-29-19-17-27(18-20-29)36-26-15-13-24(34-4)14-16-26;;/h5-20H,1-4H3;2*1H4. The highest BCUT2D eigenvalue weighted by Gasteiger charge is 2.23. The lowest BCUT2D eigenvalue weighted by Crippen LogP contribution is -2.19. The Morgan fingerprint density at radius 1 is 0.525 bits per heavy atom. The molecule has 4 aromatic carbocycles. The minimum absolute atomic E-state index is 0. The Morgan fingerprint density at radius 3 is 1.23 bits per heavy atom. The summed E-state index contributed by atoms with van der Waals surface area (Å²) in [7, 11) is 1.60. The van der Waals surface area contributed by atoms with Crippen LogP contribution in [0.15, 0.2) is 97.1 Å². The highest BCUT2D eigenvalue weighted by molar-refractivity contribution is 5.69. The van der Waals surface area contributed by atoms with Gasteiger partial charge in [0.1, 0.15) is 34.5 Å². The van der Waals surface area contributed by atoms with E-state index in [1.807, 2.05) is 24.3 Å². The number of methoxy groups -OCH3 is 1. The highest BCUT2D eigenvalue weighted by atomic mass is 16.7. The SMILES string of the molecule is C.C.COc1ccc(Oc2ccc(OC(=O)Oc3ccc(C(C)(C)c4ccc(OC(C)=O)cc4)cc3)cc2)cc1. The minimum atomic E-state index is -0.845. The molecule has 0 N–H and O–H groups in total. The van der Waals surface area contributed by atoms with Gasteiger partial charge in [-0.15, -0.1) is 0 Å². The van der Waals surface area contributed by atoms with Gasteiger partial charge in [0.2, 0.25) is 0 Å². The predicted molar refractivity (Wildman–Crippen MR) is 156 cm³/mol. The van der Waals surface area contributed by atoms with Crippen molar-refractivity contribution >= 4 is 12.1 Å². The van der Waals surface area contributed by atoms with Gasteiger partial charge >= 0.3 is 12.1 Å². The number of carbonyl (C=O) groups excluding carboxylic acids is 2. The van der Waals surface area contributed by atoms with Crippen molar-refractivity contribution in [1.82, 2.24) is 0 Å². The molecule has 0 radical (unpaired) electrons. The smallest absolute Gasteiger partial charge is 0.497 e. The van der Waals surface area contributed by atoms with Crippen LogP contribution in [-0.4, -0.2) is 19.2 Å². The normalized spacial score (nSPS) is 10.3. The number of esters is 1. The molecule has 210 valence electrons. The summed E-state index contributed by atoms with van der Waals surface area (Å²) in [5, 5.41) is 0. The highest BCUT2D eigenvalue weighted by Crippen LogP contribution is 2.33. The zero-order valence-electron chi connectivity index (χ0n) is 21.6. The van der Waals surface area contributed by atoms with E-state index in [0.717, 1.165) is 16.9 Å². The summed E-state index contributed by atoms with van der Waals surface area (Å²) in [4.78, 5) is 23.5. The number of ether oxygens (including phenoxy) is 5. The molecule has 0 saturated heterocycles. The molecular formula is C33H36O7. The van der Waals surface area contributed by atoms with Crippen LogP contribution in [0.2, 0.25) is 0 Å². The predicted octanol–water partition coefficient (Wildman–Crippen LogP) is 8.59. The van der Waals surface area contributed by atoms with E-state index < -0.39 is 6.16 Å². The van der Waals surface area contributed by atoms with Gasteiger partial charge < -0.3 is 23.7 Å². The third-order valence-electron chi connectivity index (χ3n) is 5.93. The molecule has 0 amide bonds. The summed E-state index contributed by atoms with van der Waals surface area (Å²) >= 11 is 0. The maximum Gasteiger partial charge on any atom is 0.519 e. The van der Waals surface area contributed by atoms with Gasteiger partial charge in [0.15, 0.2) is 0 Å². The second-order valence-corrected chi connectivity index (χ2v) is 8.97. The number of benzene rings is 4. The van der Waals surface area contributed by atoms with Crippen molar-refractivity contribution < 1.29 is 33.3 Å². The van der Waals surface area contributed by atoms with Crippen LogP contribution >= 0.6 is 0 Å². The molecule has 7 nitrogen and oxygen atoms in total. The zero-order valence-corrected chi connectivity index (χ0v) is 21.6. The van der Waals surface area contributed by atoms with Crippen molar-refractivity contribution in [3.8, 4) is 34.5 Å². The van der Waals surface area contributed by atoms with E-state index in [4.69, 9.17) is 23.7 Å². The van der Waals surface area contributed by atoms with Crippen LogP contribution in [0.25, 0.3) is 0 Å². The van der Waals surface area contributed by atoms with Crippen LogP contribution < -0.4 is 23.7 Å². The van der Waals surface area contributed by atoms with Crippen LogP contribution in [0.4, 0.5) is 4.79 Å². The number of carbonyl (C=O) groups is 2. The molecule has 4 rings (SSSR count). The molecule has 40 heavy (non-hydrogen) atoms.